The van der Waals surface area contributed by atoms with E-state index in [-0.39, 0.29) is 37.2 Å². The first-order valence-electron chi connectivity index (χ1n) is 13.1. The van der Waals surface area contributed by atoms with Gasteiger partial charge in [0.15, 0.2) is 5.96 Å². The molecule has 0 aromatic heterocycles. The molecule has 0 aliphatic carbocycles. The zero-order chi connectivity index (χ0) is 27.7. The number of benzene rings is 2. The molecular formula is C28H32F2N4O5. The number of rotatable bonds is 7. The van der Waals surface area contributed by atoms with E-state index in [1.165, 1.54) is 4.90 Å². The molecule has 0 saturated heterocycles. The number of guanidine groups is 1. The molecule has 39 heavy (non-hydrogen) atoms. The minimum atomic E-state index is -2.91. The van der Waals surface area contributed by atoms with E-state index in [9.17, 15) is 18.4 Å². The number of hydrogen-bond acceptors (Lipinski definition) is 7. The normalized spacial score (nSPS) is 26.2. The second-order valence-electron chi connectivity index (χ2n) is 10.3. The molecule has 0 fully saturated rings. The summed E-state index contributed by atoms with van der Waals surface area (Å²) in [5.74, 6) is 0.776. The Kier molecular flexibility index (Phi) is 7.44. The fourth-order valence-corrected chi connectivity index (χ4v) is 5.39. The second kappa shape index (κ2) is 10.8. The first kappa shape index (κ1) is 26.9. The molecule has 5 rings (SSSR count). The van der Waals surface area contributed by atoms with E-state index in [4.69, 9.17) is 15.2 Å². The molecule has 3 N–H and O–H groups in total. The largest absolute Gasteiger partial charge is 0.493 e. The summed E-state index contributed by atoms with van der Waals surface area (Å²) in [4.78, 5) is 32.8. The van der Waals surface area contributed by atoms with E-state index < -0.39 is 30.3 Å². The maximum absolute atomic E-state index is 13.4. The Bertz CT molecular complexity index is 1290. The lowest BCUT2D eigenvalue weighted by Gasteiger charge is -2.40. The van der Waals surface area contributed by atoms with E-state index in [1.54, 1.807) is 30.3 Å². The molecule has 3 aliphatic heterocycles. The number of carbonyl (C=O) groups is 2. The Hall–Kier alpha value is -3.73. The van der Waals surface area contributed by atoms with Gasteiger partial charge in [0.1, 0.15) is 17.6 Å². The number of hydrogen-bond donors (Lipinski definition) is 2. The third-order valence-electron chi connectivity index (χ3n) is 7.59. The summed E-state index contributed by atoms with van der Waals surface area (Å²) in [6.07, 6.45) is 1.05. The van der Waals surface area contributed by atoms with Crippen molar-refractivity contribution < 1.29 is 32.6 Å². The lowest BCUT2D eigenvalue weighted by atomic mass is 9.90. The predicted octanol–water partition coefficient (Wildman–Crippen LogP) is 4.09. The maximum atomic E-state index is 13.4. The van der Waals surface area contributed by atoms with E-state index in [2.05, 4.69) is 15.0 Å². The molecule has 2 amide bonds. The van der Waals surface area contributed by atoms with E-state index in [0.717, 1.165) is 5.56 Å². The monoisotopic (exact) mass is 542 g/mol. The summed E-state index contributed by atoms with van der Waals surface area (Å²) in [6.45, 7) is 1.06. The molecule has 2 aromatic rings. The second-order valence-corrected chi connectivity index (χ2v) is 10.3. The highest BCUT2D eigenvalue weighted by Gasteiger charge is 2.40. The lowest BCUT2D eigenvalue weighted by molar-refractivity contribution is -0.146. The predicted molar refractivity (Wildman–Crippen MR) is 139 cm³/mol. The van der Waals surface area contributed by atoms with Crippen LogP contribution < -0.4 is 20.5 Å². The van der Waals surface area contributed by atoms with Crippen LogP contribution in [0.3, 0.4) is 0 Å². The molecule has 3 heterocycles. The Balaban J connectivity index is 1.39. The molecule has 208 valence electrons. The van der Waals surface area contributed by atoms with Crippen molar-refractivity contribution in [1.29, 1.82) is 0 Å². The molecule has 3 aliphatic rings. The average Bonchev–Trinajstić information content (AvgIpc) is 2.91. The van der Waals surface area contributed by atoms with Gasteiger partial charge >= 0.3 is 6.61 Å². The van der Waals surface area contributed by atoms with Crippen LogP contribution in [0.5, 0.6) is 11.5 Å². The quantitative estimate of drug-likeness (QED) is 0.545. The molecule has 9 nitrogen and oxygen atoms in total. The molecule has 0 radical (unpaired) electrons. The van der Waals surface area contributed by atoms with Crippen LogP contribution >= 0.6 is 0 Å². The lowest BCUT2D eigenvalue weighted by Crippen LogP contribution is -2.52. The zero-order valence-electron chi connectivity index (χ0n) is 21.9. The molecule has 2 aromatic carbocycles. The number of nitrogens with two attached hydrogens (primary N) is 1. The van der Waals surface area contributed by atoms with Crippen LogP contribution in [0.15, 0.2) is 47.5 Å². The van der Waals surface area contributed by atoms with E-state index in [0.29, 0.717) is 42.1 Å². The molecule has 0 bridgehead atoms. The van der Waals surface area contributed by atoms with Gasteiger partial charge in [0.05, 0.1) is 37.3 Å². The first-order valence-corrected chi connectivity index (χ1v) is 13.1. The number of amides is 2. The van der Waals surface area contributed by atoms with Crippen LogP contribution in [0.25, 0.3) is 0 Å². The highest BCUT2D eigenvalue weighted by atomic mass is 19.3. The fraction of sp³-hybridized carbons (Fsp3) is 0.464. The van der Waals surface area contributed by atoms with Gasteiger partial charge in [-0.15, -0.1) is 0 Å². The Labute approximate surface area is 225 Å². The number of ether oxygens (including phenoxy) is 3. The van der Waals surface area contributed by atoms with Crippen LogP contribution in [-0.4, -0.2) is 54.1 Å². The van der Waals surface area contributed by atoms with Gasteiger partial charge in [0.25, 0.3) is 5.91 Å². The molecule has 4 atom stereocenters. The smallest absolute Gasteiger partial charge is 0.345 e. The number of carbonyl (C=O) groups excluding carboxylic acids is 2. The van der Waals surface area contributed by atoms with E-state index >= 15 is 0 Å². The van der Waals surface area contributed by atoms with Gasteiger partial charge in [-0.2, -0.15) is 8.78 Å². The summed E-state index contributed by atoms with van der Waals surface area (Å²) in [5.41, 5.74) is 7.56. The van der Waals surface area contributed by atoms with Crippen LogP contribution in [0.2, 0.25) is 0 Å². The van der Waals surface area contributed by atoms with Gasteiger partial charge in [0.2, 0.25) is 5.91 Å². The van der Waals surface area contributed by atoms with Gasteiger partial charge in [-0.05, 0) is 37.6 Å². The van der Waals surface area contributed by atoms with Crippen molar-refractivity contribution >= 4 is 17.8 Å². The number of fused-ring (bicyclic) bond motifs is 2. The van der Waals surface area contributed by atoms with Crippen molar-refractivity contribution in [2.24, 2.45) is 10.7 Å². The SMILES string of the molecule is CC[C@]1(C)CC(=O)N([C@@H]2CCOc3ccc(C(=O)N[C@H]4C[C@H](COC(F)F)Oc5ccccc54)cc32)C(N)=N1. The summed E-state index contributed by atoms with van der Waals surface area (Å²) in [5, 5.41) is 3.01. The van der Waals surface area contributed by atoms with Crippen molar-refractivity contribution in [1.82, 2.24) is 10.2 Å². The van der Waals surface area contributed by atoms with Gasteiger partial charge in [-0.3, -0.25) is 14.5 Å². The van der Waals surface area contributed by atoms with Gasteiger partial charge in [0, 0.05) is 29.5 Å². The average molecular weight is 543 g/mol. The fourth-order valence-electron chi connectivity index (χ4n) is 5.39. The molecule has 0 unspecified atom stereocenters. The zero-order valence-corrected chi connectivity index (χ0v) is 21.9. The van der Waals surface area contributed by atoms with Crippen molar-refractivity contribution in [2.75, 3.05) is 13.2 Å². The number of nitrogens with zero attached hydrogens (tertiary/aromatic N) is 2. The topological polar surface area (TPSA) is 115 Å². The van der Waals surface area contributed by atoms with Crippen molar-refractivity contribution in [3.8, 4) is 11.5 Å². The minimum Gasteiger partial charge on any atom is -0.493 e. The van der Waals surface area contributed by atoms with Crippen LogP contribution in [0, 0.1) is 0 Å². The molecule has 0 saturated carbocycles. The number of para-hydroxylation sites is 1. The standard InChI is InChI=1S/C28H32F2N4O5/c1-3-28(2)14-24(35)34(27(31)33-28)21-10-11-37-22-9-8-16(12-19(21)22)25(36)32-20-13-17(15-38-26(29)30)39-23-7-5-4-6-18(20)23/h4-9,12,17,20-21,26H,3,10-11,13-15H2,1-2H3,(H2,31,33)(H,32,36)/t17-,20+,21-,28-/m1/s1. The third kappa shape index (κ3) is 5.54. The van der Waals surface area contributed by atoms with Crippen LogP contribution in [-0.2, 0) is 9.53 Å². The summed E-state index contributed by atoms with van der Waals surface area (Å²) in [6, 6.07) is 11.3. The summed E-state index contributed by atoms with van der Waals surface area (Å²) < 4.78 is 41.4. The van der Waals surface area contributed by atoms with Crippen LogP contribution in [0.1, 0.15) is 73.1 Å². The van der Waals surface area contributed by atoms with Crippen molar-refractivity contribution in [3.05, 3.63) is 59.2 Å². The van der Waals surface area contributed by atoms with Gasteiger partial charge in [-0.25, -0.2) is 4.99 Å². The molecular weight excluding hydrogens is 510 g/mol. The van der Waals surface area contributed by atoms with E-state index in [1.807, 2.05) is 26.0 Å². The number of halogens is 2. The highest BCUT2D eigenvalue weighted by molar-refractivity contribution is 6.00. The maximum Gasteiger partial charge on any atom is 0.345 e. The molecule has 0 spiro atoms. The minimum absolute atomic E-state index is 0.115. The van der Waals surface area contributed by atoms with Crippen LogP contribution in [0.4, 0.5) is 8.78 Å². The van der Waals surface area contributed by atoms with Crippen molar-refractivity contribution in [2.45, 2.75) is 69.9 Å². The van der Waals surface area contributed by atoms with Gasteiger partial charge in [-0.1, -0.05) is 25.1 Å². The Morgan fingerprint density at radius 1 is 1.26 bits per heavy atom. The number of aliphatic imine (C=N–C) groups is 1. The number of alkyl halides is 2. The summed E-state index contributed by atoms with van der Waals surface area (Å²) >= 11 is 0. The number of nitrogens with one attached hydrogen (secondary N) is 1. The Morgan fingerprint density at radius 3 is 2.79 bits per heavy atom. The molecule has 11 heteroatoms. The Morgan fingerprint density at radius 2 is 2.05 bits per heavy atom. The first-order chi connectivity index (χ1) is 18.7. The van der Waals surface area contributed by atoms with Crippen molar-refractivity contribution in [3.63, 3.8) is 0 Å². The highest BCUT2D eigenvalue weighted by Crippen LogP contribution is 2.40. The third-order valence-corrected chi connectivity index (χ3v) is 7.59. The van der Waals surface area contributed by atoms with Gasteiger partial charge < -0.3 is 25.3 Å². The summed E-state index contributed by atoms with van der Waals surface area (Å²) in [7, 11) is 0.